The van der Waals surface area contributed by atoms with Gasteiger partial charge in [0.2, 0.25) is 5.91 Å². The second kappa shape index (κ2) is 8.89. The van der Waals surface area contributed by atoms with Crippen molar-refractivity contribution in [1.29, 1.82) is 0 Å². The molecule has 0 saturated carbocycles. The Morgan fingerprint density at radius 2 is 1.95 bits per heavy atom. The van der Waals surface area contributed by atoms with E-state index < -0.39 is 0 Å². The van der Waals surface area contributed by atoms with Crippen LogP contribution < -0.4 is 5.32 Å². The van der Waals surface area contributed by atoms with E-state index in [2.05, 4.69) is 19.2 Å². The predicted octanol–water partition coefficient (Wildman–Crippen LogP) is 3.81. The molecule has 1 aromatic rings. The molecule has 0 spiro atoms. The molecular weight excluding hydrogens is 281 g/mol. The third kappa shape index (κ3) is 6.14. The van der Waals surface area contributed by atoms with E-state index in [-0.39, 0.29) is 23.7 Å². The minimum atomic E-state index is -0.207. The molecule has 124 valence electrons. The molecule has 0 fully saturated rings. The van der Waals surface area contributed by atoms with E-state index in [0.717, 1.165) is 5.56 Å². The Balaban J connectivity index is 2.60. The van der Waals surface area contributed by atoms with Gasteiger partial charge in [-0.3, -0.25) is 4.79 Å². The van der Waals surface area contributed by atoms with Gasteiger partial charge in [-0.2, -0.15) is 0 Å². The first-order valence-electron chi connectivity index (χ1n) is 7.95. The van der Waals surface area contributed by atoms with Crippen LogP contribution in [0.5, 0.6) is 0 Å². The third-order valence-corrected chi connectivity index (χ3v) is 3.70. The van der Waals surface area contributed by atoms with Gasteiger partial charge in [-0.05, 0) is 49.8 Å². The van der Waals surface area contributed by atoms with Crippen molar-refractivity contribution in [2.45, 2.75) is 53.1 Å². The van der Waals surface area contributed by atoms with Crippen molar-refractivity contribution in [3.63, 3.8) is 0 Å². The molecule has 1 unspecified atom stereocenters. The molecule has 0 aliphatic carbocycles. The summed E-state index contributed by atoms with van der Waals surface area (Å²) in [5.74, 6) is 0.197. The van der Waals surface area contributed by atoms with Crippen molar-refractivity contribution in [2.75, 3.05) is 13.2 Å². The number of hydrogen-bond donors (Lipinski definition) is 1. The minimum Gasteiger partial charge on any atom is -0.377 e. The van der Waals surface area contributed by atoms with Crippen molar-refractivity contribution in [3.05, 3.63) is 35.1 Å². The lowest BCUT2D eigenvalue weighted by atomic mass is 9.85. The van der Waals surface area contributed by atoms with Gasteiger partial charge in [-0.1, -0.05) is 26.0 Å². The van der Waals surface area contributed by atoms with E-state index in [1.54, 1.807) is 13.0 Å². The highest BCUT2D eigenvalue weighted by atomic mass is 19.1. The molecule has 1 atom stereocenters. The van der Waals surface area contributed by atoms with Gasteiger partial charge in [-0.25, -0.2) is 4.39 Å². The maximum atomic E-state index is 13.4. The number of benzene rings is 1. The normalized spacial score (nSPS) is 12.7. The van der Waals surface area contributed by atoms with Crippen molar-refractivity contribution in [2.24, 2.45) is 5.92 Å². The lowest BCUT2D eigenvalue weighted by Gasteiger charge is -2.21. The quantitative estimate of drug-likeness (QED) is 0.742. The summed E-state index contributed by atoms with van der Waals surface area (Å²) in [7, 11) is 0. The van der Waals surface area contributed by atoms with Crippen molar-refractivity contribution in [1.82, 2.24) is 5.32 Å². The van der Waals surface area contributed by atoms with Crippen LogP contribution in [0.4, 0.5) is 4.39 Å². The highest BCUT2D eigenvalue weighted by Gasteiger charge is 2.20. The summed E-state index contributed by atoms with van der Waals surface area (Å²) in [5.41, 5.74) is 1.64. The molecule has 0 aliphatic heterocycles. The maximum Gasteiger partial charge on any atom is 0.220 e. The van der Waals surface area contributed by atoms with E-state index in [1.165, 1.54) is 6.07 Å². The Kier molecular flexibility index (Phi) is 7.52. The van der Waals surface area contributed by atoms with Crippen molar-refractivity contribution >= 4 is 5.91 Å². The zero-order valence-corrected chi connectivity index (χ0v) is 14.3. The van der Waals surface area contributed by atoms with Crippen LogP contribution in [0.3, 0.4) is 0 Å². The largest absolute Gasteiger partial charge is 0.377 e. The first-order chi connectivity index (χ1) is 10.3. The Hall–Kier alpha value is -1.42. The molecule has 22 heavy (non-hydrogen) atoms. The number of carbonyl (C=O) groups is 1. The monoisotopic (exact) mass is 309 g/mol. The molecule has 1 N–H and O–H groups in total. The van der Waals surface area contributed by atoms with E-state index in [1.807, 2.05) is 19.9 Å². The van der Waals surface area contributed by atoms with Gasteiger partial charge in [-0.15, -0.1) is 0 Å². The Morgan fingerprint density at radius 1 is 1.27 bits per heavy atom. The third-order valence-electron chi connectivity index (χ3n) is 3.70. The topological polar surface area (TPSA) is 38.3 Å². The fourth-order valence-electron chi connectivity index (χ4n) is 2.39. The molecule has 4 heteroatoms. The fourth-order valence-corrected chi connectivity index (χ4v) is 2.39. The van der Waals surface area contributed by atoms with Crippen LogP contribution in [0, 0.1) is 18.7 Å². The van der Waals surface area contributed by atoms with E-state index in [4.69, 9.17) is 4.74 Å². The fraction of sp³-hybridized carbons (Fsp3) is 0.611. The Labute approximate surface area is 133 Å². The van der Waals surface area contributed by atoms with Gasteiger partial charge in [0.25, 0.3) is 0 Å². The number of halogens is 1. The first-order valence-corrected chi connectivity index (χ1v) is 7.95. The molecule has 1 amide bonds. The van der Waals surface area contributed by atoms with Crippen LogP contribution in [0.15, 0.2) is 18.2 Å². The molecule has 0 saturated heterocycles. The number of hydrogen-bond acceptors (Lipinski definition) is 2. The minimum absolute atomic E-state index is 0.00744. The standard InChI is InChI=1S/C18H28FNO2/c1-12(2)16(15-6-7-17(19)14(5)10-15)11-18(21)20-8-9-22-13(3)4/h6-7,10,12-13,16H,8-9,11H2,1-5H3,(H,20,21). The molecule has 0 radical (unpaired) electrons. The van der Waals surface area contributed by atoms with Gasteiger partial charge in [0.05, 0.1) is 12.7 Å². The van der Waals surface area contributed by atoms with Crippen LogP contribution in [0.2, 0.25) is 0 Å². The summed E-state index contributed by atoms with van der Waals surface area (Å²) in [5, 5.41) is 2.88. The van der Waals surface area contributed by atoms with Gasteiger partial charge in [0.1, 0.15) is 5.82 Å². The lowest BCUT2D eigenvalue weighted by molar-refractivity contribution is -0.122. The first kappa shape index (κ1) is 18.6. The Bertz CT molecular complexity index is 486. The lowest BCUT2D eigenvalue weighted by Crippen LogP contribution is -2.30. The second-order valence-electron chi connectivity index (χ2n) is 6.33. The average molecular weight is 309 g/mol. The molecule has 0 bridgehead atoms. The molecule has 1 rings (SSSR count). The number of rotatable bonds is 8. The summed E-state index contributed by atoms with van der Waals surface area (Å²) in [4.78, 5) is 12.1. The average Bonchev–Trinajstić information content (AvgIpc) is 2.43. The summed E-state index contributed by atoms with van der Waals surface area (Å²) < 4.78 is 18.8. The zero-order valence-electron chi connectivity index (χ0n) is 14.3. The van der Waals surface area contributed by atoms with Crippen LogP contribution in [-0.2, 0) is 9.53 Å². The molecular formula is C18H28FNO2. The van der Waals surface area contributed by atoms with Gasteiger partial charge in [0, 0.05) is 13.0 Å². The number of carbonyl (C=O) groups excluding carboxylic acids is 1. The molecule has 0 aliphatic rings. The van der Waals surface area contributed by atoms with Gasteiger partial charge >= 0.3 is 0 Å². The van der Waals surface area contributed by atoms with Crippen LogP contribution in [0.25, 0.3) is 0 Å². The summed E-state index contributed by atoms with van der Waals surface area (Å²) in [6, 6.07) is 5.10. The summed E-state index contributed by atoms with van der Waals surface area (Å²) in [6.45, 7) is 10.9. The van der Waals surface area contributed by atoms with E-state index >= 15 is 0 Å². The molecule has 1 aromatic carbocycles. The van der Waals surface area contributed by atoms with E-state index in [9.17, 15) is 9.18 Å². The Morgan fingerprint density at radius 3 is 2.50 bits per heavy atom. The molecule has 3 nitrogen and oxygen atoms in total. The van der Waals surface area contributed by atoms with Crippen LogP contribution in [0.1, 0.15) is 51.2 Å². The molecule has 0 heterocycles. The predicted molar refractivity (Wildman–Crippen MR) is 87.4 cm³/mol. The van der Waals surface area contributed by atoms with E-state index in [0.29, 0.717) is 31.1 Å². The SMILES string of the molecule is Cc1cc(C(CC(=O)NCCOC(C)C)C(C)C)ccc1F. The summed E-state index contributed by atoms with van der Waals surface area (Å²) >= 11 is 0. The number of amides is 1. The smallest absolute Gasteiger partial charge is 0.220 e. The van der Waals surface area contributed by atoms with Crippen molar-refractivity contribution in [3.8, 4) is 0 Å². The van der Waals surface area contributed by atoms with Gasteiger partial charge in [0.15, 0.2) is 0 Å². The van der Waals surface area contributed by atoms with Gasteiger partial charge < -0.3 is 10.1 Å². The molecule has 0 aromatic heterocycles. The number of ether oxygens (including phenoxy) is 1. The zero-order chi connectivity index (χ0) is 16.7. The van der Waals surface area contributed by atoms with Crippen molar-refractivity contribution < 1.29 is 13.9 Å². The highest BCUT2D eigenvalue weighted by Crippen LogP contribution is 2.29. The maximum absolute atomic E-state index is 13.4. The summed E-state index contributed by atoms with van der Waals surface area (Å²) in [6.07, 6.45) is 0.576. The number of aryl methyl sites for hydroxylation is 1. The van der Waals surface area contributed by atoms with Crippen LogP contribution >= 0.6 is 0 Å². The van der Waals surface area contributed by atoms with Crippen LogP contribution in [-0.4, -0.2) is 25.2 Å². The number of nitrogens with one attached hydrogen (secondary N) is 1. The highest BCUT2D eigenvalue weighted by molar-refractivity contribution is 5.76. The second-order valence-corrected chi connectivity index (χ2v) is 6.33.